The van der Waals surface area contributed by atoms with E-state index in [2.05, 4.69) is 9.97 Å². The van der Waals surface area contributed by atoms with Gasteiger partial charge >= 0.3 is 5.69 Å². The van der Waals surface area contributed by atoms with Crippen LogP contribution in [0.5, 0.6) is 5.75 Å². The van der Waals surface area contributed by atoms with E-state index in [0.29, 0.717) is 28.8 Å². The number of benzene rings is 2. The number of aromatic nitrogens is 4. The number of aryl methyl sites for hydroxylation is 1. The van der Waals surface area contributed by atoms with Gasteiger partial charge in [0, 0.05) is 23.3 Å². The highest BCUT2D eigenvalue weighted by atomic mass is 35.5. The third-order valence-corrected chi connectivity index (χ3v) is 5.09. The standard InChI is InChI=1S/C22H19ClN4O3/c1-3-26-20-18(12-24-19(25-20)15-7-9-17(30-2)10-8-15)21(28)27(22(26)29)13-14-5-4-6-16(23)11-14/h4-12H,3,13H2,1-2H3. The van der Waals surface area contributed by atoms with Gasteiger partial charge in [0.05, 0.1) is 13.7 Å². The molecule has 0 spiro atoms. The molecule has 0 radical (unpaired) electrons. The molecule has 0 unspecified atom stereocenters. The van der Waals surface area contributed by atoms with Gasteiger partial charge in [-0.25, -0.2) is 14.8 Å². The van der Waals surface area contributed by atoms with Gasteiger partial charge < -0.3 is 4.74 Å². The van der Waals surface area contributed by atoms with Gasteiger partial charge in [0.1, 0.15) is 11.1 Å². The van der Waals surface area contributed by atoms with Gasteiger partial charge in [-0.15, -0.1) is 0 Å². The summed E-state index contributed by atoms with van der Waals surface area (Å²) in [5.74, 6) is 1.15. The molecule has 7 nitrogen and oxygen atoms in total. The van der Waals surface area contributed by atoms with E-state index in [0.717, 1.165) is 11.1 Å². The fourth-order valence-electron chi connectivity index (χ4n) is 3.32. The first-order valence-corrected chi connectivity index (χ1v) is 9.79. The molecule has 0 aliphatic rings. The highest BCUT2D eigenvalue weighted by Gasteiger charge is 2.16. The van der Waals surface area contributed by atoms with Crippen LogP contribution in [-0.4, -0.2) is 26.2 Å². The Bertz CT molecular complexity index is 1340. The average molecular weight is 423 g/mol. The van der Waals surface area contributed by atoms with Gasteiger partial charge in [-0.1, -0.05) is 23.7 Å². The maximum absolute atomic E-state index is 13.1. The zero-order chi connectivity index (χ0) is 21.3. The van der Waals surface area contributed by atoms with Gasteiger partial charge in [-0.3, -0.25) is 13.9 Å². The molecule has 0 amide bonds. The molecule has 152 valence electrons. The molecular formula is C22H19ClN4O3. The minimum absolute atomic E-state index is 0.119. The van der Waals surface area contributed by atoms with Crippen LogP contribution in [-0.2, 0) is 13.1 Å². The summed E-state index contributed by atoms with van der Waals surface area (Å²) >= 11 is 6.04. The number of fused-ring (bicyclic) bond motifs is 1. The Morgan fingerprint density at radius 1 is 1.07 bits per heavy atom. The third-order valence-electron chi connectivity index (χ3n) is 4.86. The summed E-state index contributed by atoms with van der Waals surface area (Å²) in [7, 11) is 1.59. The molecule has 0 aliphatic heterocycles. The van der Waals surface area contributed by atoms with E-state index in [9.17, 15) is 9.59 Å². The van der Waals surface area contributed by atoms with Crippen molar-refractivity contribution in [1.82, 2.24) is 19.1 Å². The summed E-state index contributed by atoms with van der Waals surface area (Å²) in [6.07, 6.45) is 1.48. The van der Waals surface area contributed by atoms with Crippen LogP contribution in [0.2, 0.25) is 5.02 Å². The normalized spacial score (nSPS) is 11.0. The molecule has 0 atom stereocenters. The van der Waals surface area contributed by atoms with Gasteiger partial charge in [-0.05, 0) is 48.9 Å². The Hall–Kier alpha value is -3.45. The summed E-state index contributed by atoms with van der Waals surface area (Å²) in [6.45, 7) is 2.32. The molecule has 0 fully saturated rings. The minimum Gasteiger partial charge on any atom is -0.497 e. The maximum Gasteiger partial charge on any atom is 0.332 e. The monoisotopic (exact) mass is 422 g/mol. The van der Waals surface area contributed by atoms with Crippen LogP contribution in [0, 0.1) is 0 Å². The maximum atomic E-state index is 13.1. The molecule has 4 rings (SSSR count). The molecule has 2 heterocycles. The predicted octanol–water partition coefficient (Wildman–Crippen LogP) is 3.35. The van der Waals surface area contributed by atoms with Crippen molar-refractivity contribution in [2.45, 2.75) is 20.0 Å². The van der Waals surface area contributed by atoms with E-state index in [-0.39, 0.29) is 11.9 Å². The van der Waals surface area contributed by atoms with Crippen LogP contribution in [0.1, 0.15) is 12.5 Å². The van der Waals surface area contributed by atoms with E-state index < -0.39 is 11.2 Å². The Labute approximate surface area is 177 Å². The number of rotatable bonds is 5. The lowest BCUT2D eigenvalue weighted by Gasteiger charge is -2.13. The van der Waals surface area contributed by atoms with Crippen molar-refractivity contribution in [3.63, 3.8) is 0 Å². The number of methoxy groups -OCH3 is 1. The van der Waals surface area contributed by atoms with E-state index in [1.807, 2.05) is 25.1 Å². The SMILES string of the molecule is CCn1c(=O)n(Cc2cccc(Cl)c2)c(=O)c2cnc(-c3ccc(OC)cc3)nc21. The summed E-state index contributed by atoms with van der Waals surface area (Å²) in [4.78, 5) is 35.0. The van der Waals surface area contributed by atoms with Gasteiger partial charge in [-0.2, -0.15) is 0 Å². The lowest BCUT2D eigenvalue weighted by atomic mass is 10.2. The average Bonchev–Trinajstić information content (AvgIpc) is 2.77. The fourth-order valence-corrected chi connectivity index (χ4v) is 3.53. The molecule has 0 saturated heterocycles. The number of nitrogens with zero attached hydrogens (tertiary/aromatic N) is 4. The topological polar surface area (TPSA) is 79.0 Å². The Morgan fingerprint density at radius 2 is 1.83 bits per heavy atom. The molecule has 8 heteroatoms. The lowest BCUT2D eigenvalue weighted by Crippen LogP contribution is -2.40. The number of ether oxygens (including phenoxy) is 1. The zero-order valence-corrected chi connectivity index (χ0v) is 17.3. The van der Waals surface area contributed by atoms with E-state index in [1.54, 1.807) is 37.4 Å². The smallest absolute Gasteiger partial charge is 0.332 e. The van der Waals surface area contributed by atoms with Crippen LogP contribution < -0.4 is 16.0 Å². The van der Waals surface area contributed by atoms with Crippen molar-refractivity contribution in [2.75, 3.05) is 7.11 Å². The molecule has 0 saturated carbocycles. The molecular weight excluding hydrogens is 404 g/mol. The second kappa shape index (κ2) is 8.12. The Balaban J connectivity index is 1.87. The van der Waals surface area contributed by atoms with Crippen molar-refractivity contribution >= 4 is 22.6 Å². The second-order valence-corrected chi connectivity index (χ2v) is 7.14. The van der Waals surface area contributed by atoms with Gasteiger partial charge in [0.25, 0.3) is 5.56 Å². The van der Waals surface area contributed by atoms with Crippen LogP contribution >= 0.6 is 11.6 Å². The Kier molecular flexibility index (Phi) is 5.37. The Morgan fingerprint density at radius 3 is 2.50 bits per heavy atom. The van der Waals surface area contributed by atoms with Crippen molar-refractivity contribution < 1.29 is 4.74 Å². The summed E-state index contributed by atoms with van der Waals surface area (Å²) < 4.78 is 7.84. The molecule has 0 N–H and O–H groups in total. The third kappa shape index (κ3) is 3.59. The van der Waals surface area contributed by atoms with Crippen molar-refractivity contribution in [3.8, 4) is 17.1 Å². The highest BCUT2D eigenvalue weighted by molar-refractivity contribution is 6.30. The fraction of sp³-hybridized carbons (Fsp3) is 0.182. The van der Waals surface area contributed by atoms with Gasteiger partial charge in [0.15, 0.2) is 11.5 Å². The lowest BCUT2D eigenvalue weighted by molar-refractivity contribution is 0.415. The number of halogens is 1. The number of hydrogen-bond acceptors (Lipinski definition) is 5. The van der Waals surface area contributed by atoms with Crippen LogP contribution in [0.25, 0.3) is 22.4 Å². The van der Waals surface area contributed by atoms with Crippen molar-refractivity contribution in [1.29, 1.82) is 0 Å². The van der Waals surface area contributed by atoms with Crippen LogP contribution in [0.15, 0.2) is 64.3 Å². The summed E-state index contributed by atoms with van der Waals surface area (Å²) in [5.41, 5.74) is 0.987. The van der Waals surface area contributed by atoms with Crippen molar-refractivity contribution in [2.24, 2.45) is 0 Å². The summed E-state index contributed by atoms with van der Waals surface area (Å²) in [5, 5.41) is 0.834. The molecule has 2 aromatic heterocycles. The first kappa shape index (κ1) is 19.8. The zero-order valence-electron chi connectivity index (χ0n) is 16.5. The van der Waals surface area contributed by atoms with Crippen LogP contribution in [0.3, 0.4) is 0 Å². The molecule has 0 aliphatic carbocycles. The van der Waals surface area contributed by atoms with E-state index in [1.165, 1.54) is 15.3 Å². The predicted molar refractivity (Wildman–Crippen MR) is 116 cm³/mol. The largest absolute Gasteiger partial charge is 0.497 e. The highest BCUT2D eigenvalue weighted by Crippen LogP contribution is 2.20. The molecule has 0 bridgehead atoms. The second-order valence-electron chi connectivity index (χ2n) is 6.71. The first-order chi connectivity index (χ1) is 14.5. The molecule has 2 aromatic carbocycles. The minimum atomic E-state index is -0.430. The first-order valence-electron chi connectivity index (χ1n) is 9.41. The number of hydrogen-bond donors (Lipinski definition) is 0. The van der Waals surface area contributed by atoms with E-state index >= 15 is 0 Å². The van der Waals surface area contributed by atoms with E-state index in [4.69, 9.17) is 16.3 Å². The quantitative estimate of drug-likeness (QED) is 0.492. The van der Waals surface area contributed by atoms with Gasteiger partial charge in [0.2, 0.25) is 0 Å². The van der Waals surface area contributed by atoms with Crippen molar-refractivity contribution in [3.05, 3.63) is 86.2 Å². The molecule has 4 aromatic rings. The summed E-state index contributed by atoms with van der Waals surface area (Å²) in [6, 6.07) is 14.3. The van der Waals surface area contributed by atoms with Crippen LogP contribution in [0.4, 0.5) is 0 Å². The molecule has 30 heavy (non-hydrogen) atoms.